The summed E-state index contributed by atoms with van der Waals surface area (Å²) in [5, 5.41) is 2.90. The number of nitrogens with zero attached hydrogens (tertiary/aromatic N) is 1. The monoisotopic (exact) mass is 318 g/mol. The predicted octanol–water partition coefficient (Wildman–Crippen LogP) is 3.13. The molecule has 0 fully saturated rings. The highest BCUT2D eigenvalue weighted by Crippen LogP contribution is 2.15. The van der Waals surface area contributed by atoms with Crippen LogP contribution in [0.3, 0.4) is 0 Å². The zero-order chi connectivity index (χ0) is 13.7. The molecule has 0 atom stereocenters. The molecule has 0 saturated heterocycles. The Labute approximate surface area is 121 Å². The lowest BCUT2D eigenvalue weighted by Crippen LogP contribution is -2.25. The first-order valence-electron chi connectivity index (χ1n) is 6.10. The van der Waals surface area contributed by atoms with Crippen LogP contribution in [0, 0.1) is 6.92 Å². The predicted molar refractivity (Wildman–Crippen MR) is 79.2 cm³/mol. The van der Waals surface area contributed by atoms with Crippen LogP contribution in [0.5, 0.6) is 0 Å². The normalized spacial score (nSPS) is 10.2. The highest BCUT2D eigenvalue weighted by molar-refractivity contribution is 9.10. The molecular formula is C15H15BrN2O. The van der Waals surface area contributed by atoms with Crippen molar-refractivity contribution in [3.05, 3.63) is 63.9 Å². The molecule has 4 heteroatoms. The van der Waals surface area contributed by atoms with Crippen molar-refractivity contribution in [3.8, 4) is 0 Å². The molecule has 0 saturated carbocycles. The fourth-order valence-electron chi connectivity index (χ4n) is 1.82. The number of carbonyl (C=O) groups is 1. The molecule has 0 aliphatic heterocycles. The van der Waals surface area contributed by atoms with Crippen LogP contribution in [-0.2, 0) is 6.42 Å². The zero-order valence-corrected chi connectivity index (χ0v) is 12.3. The number of hydrogen-bond acceptors (Lipinski definition) is 2. The Kier molecular flexibility index (Phi) is 4.68. The van der Waals surface area contributed by atoms with Crippen molar-refractivity contribution in [2.24, 2.45) is 0 Å². The van der Waals surface area contributed by atoms with Gasteiger partial charge in [0.25, 0.3) is 5.91 Å². The topological polar surface area (TPSA) is 42.0 Å². The third-order valence-corrected chi connectivity index (χ3v) is 3.15. The van der Waals surface area contributed by atoms with Gasteiger partial charge in [0.2, 0.25) is 0 Å². The summed E-state index contributed by atoms with van der Waals surface area (Å²) < 4.78 is 0.919. The van der Waals surface area contributed by atoms with Gasteiger partial charge >= 0.3 is 0 Å². The van der Waals surface area contributed by atoms with Crippen LogP contribution in [0.2, 0.25) is 0 Å². The maximum Gasteiger partial charge on any atom is 0.251 e. The first-order chi connectivity index (χ1) is 9.15. The van der Waals surface area contributed by atoms with Crippen molar-refractivity contribution in [1.29, 1.82) is 0 Å². The largest absolute Gasteiger partial charge is 0.352 e. The van der Waals surface area contributed by atoms with Gasteiger partial charge in [0, 0.05) is 34.9 Å². The van der Waals surface area contributed by atoms with E-state index >= 15 is 0 Å². The van der Waals surface area contributed by atoms with Gasteiger partial charge in [-0.1, -0.05) is 22.0 Å². The summed E-state index contributed by atoms with van der Waals surface area (Å²) in [5.74, 6) is -0.0552. The summed E-state index contributed by atoms with van der Waals surface area (Å²) in [5.41, 5.74) is 2.71. The third-order valence-electron chi connectivity index (χ3n) is 2.70. The smallest absolute Gasteiger partial charge is 0.251 e. The molecule has 0 aliphatic carbocycles. The van der Waals surface area contributed by atoms with Crippen LogP contribution in [0.1, 0.15) is 21.6 Å². The number of amides is 1. The number of hydrogen-bond donors (Lipinski definition) is 1. The Morgan fingerprint density at radius 1 is 1.32 bits per heavy atom. The average Bonchev–Trinajstić information content (AvgIpc) is 2.38. The molecule has 0 aliphatic rings. The van der Waals surface area contributed by atoms with Crippen molar-refractivity contribution in [1.82, 2.24) is 10.3 Å². The SMILES string of the molecule is Cc1cc(Br)cc(C(=O)NCCc2ccccn2)c1. The molecule has 19 heavy (non-hydrogen) atoms. The van der Waals surface area contributed by atoms with Gasteiger partial charge in [-0.15, -0.1) is 0 Å². The summed E-state index contributed by atoms with van der Waals surface area (Å²) in [6.45, 7) is 2.55. The Morgan fingerprint density at radius 3 is 2.84 bits per heavy atom. The van der Waals surface area contributed by atoms with Crippen molar-refractivity contribution < 1.29 is 4.79 Å². The number of benzene rings is 1. The molecule has 0 bridgehead atoms. The van der Waals surface area contributed by atoms with Gasteiger partial charge < -0.3 is 5.32 Å². The third kappa shape index (κ3) is 4.17. The number of rotatable bonds is 4. The van der Waals surface area contributed by atoms with Crippen LogP contribution < -0.4 is 5.32 Å². The van der Waals surface area contributed by atoms with E-state index in [1.165, 1.54) is 0 Å². The Hall–Kier alpha value is -1.68. The van der Waals surface area contributed by atoms with Gasteiger partial charge in [-0.2, -0.15) is 0 Å². The highest BCUT2D eigenvalue weighted by Gasteiger charge is 2.06. The Morgan fingerprint density at radius 2 is 2.16 bits per heavy atom. The van der Waals surface area contributed by atoms with Crippen LogP contribution in [0.25, 0.3) is 0 Å². The number of halogens is 1. The van der Waals surface area contributed by atoms with E-state index in [2.05, 4.69) is 26.2 Å². The number of aromatic nitrogens is 1. The molecular weight excluding hydrogens is 304 g/mol. The molecule has 3 nitrogen and oxygen atoms in total. The minimum atomic E-state index is -0.0552. The summed E-state index contributed by atoms with van der Waals surface area (Å²) in [6.07, 6.45) is 2.49. The van der Waals surface area contributed by atoms with Crippen LogP contribution in [0.15, 0.2) is 47.1 Å². The average molecular weight is 319 g/mol. The molecule has 98 valence electrons. The van der Waals surface area contributed by atoms with Gasteiger partial charge in [-0.25, -0.2) is 0 Å². The molecule has 1 heterocycles. The van der Waals surface area contributed by atoms with Crippen LogP contribution in [0.4, 0.5) is 0 Å². The first kappa shape index (κ1) is 13.7. The second-order valence-electron chi connectivity index (χ2n) is 4.34. The van der Waals surface area contributed by atoms with Gasteiger partial charge in [0.1, 0.15) is 0 Å². The quantitative estimate of drug-likeness (QED) is 0.941. The number of carbonyl (C=O) groups excluding carboxylic acids is 1. The molecule has 0 spiro atoms. The lowest BCUT2D eigenvalue weighted by molar-refractivity contribution is 0.0954. The highest BCUT2D eigenvalue weighted by atomic mass is 79.9. The van der Waals surface area contributed by atoms with E-state index in [1.54, 1.807) is 6.20 Å². The maximum absolute atomic E-state index is 12.0. The minimum Gasteiger partial charge on any atom is -0.352 e. The lowest BCUT2D eigenvalue weighted by Gasteiger charge is -2.06. The summed E-state index contributed by atoms with van der Waals surface area (Å²) in [4.78, 5) is 16.2. The van der Waals surface area contributed by atoms with Crippen LogP contribution in [-0.4, -0.2) is 17.4 Å². The zero-order valence-electron chi connectivity index (χ0n) is 10.7. The van der Waals surface area contributed by atoms with Crippen molar-refractivity contribution >= 4 is 21.8 Å². The summed E-state index contributed by atoms with van der Waals surface area (Å²) >= 11 is 3.40. The number of aryl methyl sites for hydroxylation is 1. The molecule has 1 aromatic carbocycles. The molecule has 2 aromatic rings. The van der Waals surface area contributed by atoms with Gasteiger partial charge in [-0.3, -0.25) is 9.78 Å². The van der Waals surface area contributed by atoms with Crippen molar-refractivity contribution in [2.75, 3.05) is 6.54 Å². The van der Waals surface area contributed by atoms with Gasteiger partial charge in [-0.05, 0) is 42.8 Å². The molecule has 1 aromatic heterocycles. The Bertz CT molecular complexity index is 549. The molecule has 2 rings (SSSR count). The molecule has 0 unspecified atom stereocenters. The first-order valence-corrected chi connectivity index (χ1v) is 6.90. The fraction of sp³-hybridized carbons (Fsp3) is 0.200. The van der Waals surface area contributed by atoms with E-state index in [4.69, 9.17) is 0 Å². The fourth-order valence-corrected chi connectivity index (χ4v) is 2.43. The number of pyridine rings is 1. The molecule has 0 radical (unpaired) electrons. The van der Waals surface area contributed by atoms with E-state index in [0.717, 1.165) is 22.2 Å². The maximum atomic E-state index is 12.0. The van der Waals surface area contributed by atoms with E-state index in [9.17, 15) is 4.79 Å². The lowest BCUT2D eigenvalue weighted by atomic mass is 10.1. The van der Waals surface area contributed by atoms with E-state index in [-0.39, 0.29) is 5.91 Å². The summed E-state index contributed by atoms with van der Waals surface area (Å²) in [7, 11) is 0. The minimum absolute atomic E-state index is 0.0552. The second kappa shape index (κ2) is 6.48. The van der Waals surface area contributed by atoms with Gasteiger partial charge in [0.05, 0.1) is 0 Å². The van der Waals surface area contributed by atoms with Crippen LogP contribution >= 0.6 is 15.9 Å². The molecule has 1 amide bonds. The van der Waals surface area contributed by atoms with Crippen molar-refractivity contribution in [3.63, 3.8) is 0 Å². The van der Waals surface area contributed by atoms with Gasteiger partial charge in [0.15, 0.2) is 0 Å². The standard InChI is InChI=1S/C15H15BrN2O/c1-11-8-12(10-13(16)9-11)15(19)18-7-5-14-4-2-3-6-17-14/h2-4,6,8-10H,5,7H2,1H3,(H,18,19). The van der Waals surface area contributed by atoms with E-state index in [1.807, 2.05) is 43.3 Å². The summed E-state index contributed by atoms with van der Waals surface area (Å²) in [6, 6.07) is 11.5. The number of nitrogens with one attached hydrogen (secondary N) is 1. The van der Waals surface area contributed by atoms with E-state index < -0.39 is 0 Å². The van der Waals surface area contributed by atoms with Crippen molar-refractivity contribution in [2.45, 2.75) is 13.3 Å². The molecule has 1 N–H and O–H groups in total. The second-order valence-corrected chi connectivity index (χ2v) is 5.26. The Balaban J connectivity index is 1.91. The van der Waals surface area contributed by atoms with E-state index in [0.29, 0.717) is 12.1 Å².